The first kappa shape index (κ1) is 25.2. The SMILES string of the molecule is C=CCOC(=O)c1cc(NC(=O)[C@@H]2C[C@@H](C(C(=O)S)C(=O)OCC=C)CN2)c(F)cc1F. The van der Waals surface area contributed by atoms with Gasteiger partial charge in [-0.25, -0.2) is 13.6 Å². The van der Waals surface area contributed by atoms with Crippen LogP contribution >= 0.6 is 12.6 Å². The summed E-state index contributed by atoms with van der Waals surface area (Å²) < 4.78 is 37.8. The lowest BCUT2D eigenvalue weighted by Gasteiger charge is -2.18. The van der Waals surface area contributed by atoms with Gasteiger partial charge in [-0.3, -0.25) is 14.4 Å². The molecule has 1 saturated heterocycles. The molecule has 1 heterocycles. The monoisotopic (exact) mass is 468 g/mol. The van der Waals surface area contributed by atoms with E-state index in [1.807, 2.05) is 0 Å². The van der Waals surface area contributed by atoms with Gasteiger partial charge in [0, 0.05) is 12.6 Å². The third kappa shape index (κ3) is 6.24. The molecular formula is C21H22F2N2O6S. The molecule has 1 amide bonds. The minimum atomic E-state index is -1.20. The molecular weight excluding hydrogens is 446 g/mol. The van der Waals surface area contributed by atoms with Crippen molar-refractivity contribution >= 4 is 41.3 Å². The molecule has 1 fully saturated rings. The Labute approximate surface area is 188 Å². The lowest BCUT2D eigenvalue weighted by Crippen LogP contribution is -2.35. The molecule has 8 nitrogen and oxygen atoms in total. The van der Waals surface area contributed by atoms with Crippen LogP contribution < -0.4 is 10.6 Å². The molecule has 11 heteroatoms. The Morgan fingerprint density at radius 2 is 1.81 bits per heavy atom. The van der Waals surface area contributed by atoms with Gasteiger partial charge in [-0.05, 0) is 18.4 Å². The maximum Gasteiger partial charge on any atom is 0.341 e. The molecule has 1 aliphatic rings. The van der Waals surface area contributed by atoms with Crippen molar-refractivity contribution in [3.8, 4) is 0 Å². The third-order valence-electron chi connectivity index (χ3n) is 4.68. The first-order valence-electron chi connectivity index (χ1n) is 9.51. The van der Waals surface area contributed by atoms with Crippen LogP contribution in [0.15, 0.2) is 37.4 Å². The topological polar surface area (TPSA) is 111 Å². The van der Waals surface area contributed by atoms with Gasteiger partial charge in [-0.2, -0.15) is 0 Å². The fourth-order valence-electron chi connectivity index (χ4n) is 3.18. The summed E-state index contributed by atoms with van der Waals surface area (Å²) in [6.45, 7) is 6.66. The molecule has 0 saturated carbocycles. The van der Waals surface area contributed by atoms with Crippen molar-refractivity contribution in [3.05, 3.63) is 54.6 Å². The van der Waals surface area contributed by atoms with E-state index in [9.17, 15) is 28.0 Å². The maximum atomic E-state index is 14.2. The number of thiol groups is 1. The zero-order valence-corrected chi connectivity index (χ0v) is 17.8. The van der Waals surface area contributed by atoms with Gasteiger partial charge >= 0.3 is 11.9 Å². The highest BCUT2D eigenvalue weighted by molar-refractivity contribution is 7.96. The van der Waals surface area contributed by atoms with Gasteiger partial charge in [0.15, 0.2) is 5.12 Å². The summed E-state index contributed by atoms with van der Waals surface area (Å²) in [5.74, 6) is -6.57. The second-order valence-electron chi connectivity index (χ2n) is 6.88. The van der Waals surface area contributed by atoms with Crippen molar-refractivity contribution < 1.29 is 37.4 Å². The lowest BCUT2D eigenvalue weighted by molar-refractivity contribution is -0.151. The number of esters is 2. The standard InChI is InChI=1S/C21H22F2N2O6S/c1-3-5-30-19(27)12-8-15(14(23)9-13(12)22)25-18(26)16-7-11(10-24-16)17(21(29)32)20(28)31-6-4-2/h3-4,8-9,11,16-17,24H,1-2,5-7,10H2,(H,25,26)(H,29,32)/t11-,16+,17?/m1/s1. The van der Waals surface area contributed by atoms with Crippen LogP contribution in [0.25, 0.3) is 0 Å². The van der Waals surface area contributed by atoms with Gasteiger partial charge < -0.3 is 20.1 Å². The van der Waals surface area contributed by atoms with Gasteiger partial charge in [0.05, 0.1) is 17.3 Å². The van der Waals surface area contributed by atoms with Gasteiger partial charge in [-0.15, -0.1) is 12.6 Å². The van der Waals surface area contributed by atoms with E-state index in [0.29, 0.717) is 6.07 Å². The van der Waals surface area contributed by atoms with Crippen LogP contribution in [0.2, 0.25) is 0 Å². The van der Waals surface area contributed by atoms with Crippen LogP contribution in [-0.2, 0) is 23.9 Å². The quantitative estimate of drug-likeness (QED) is 0.209. The van der Waals surface area contributed by atoms with E-state index in [2.05, 4.69) is 36.4 Å². The molecule has 0 bridgehead atoms. The summed E-state index contributed by atoms with van der Waals surface area (Å²) in [7, 11) is 0. The molecule has 2 N–H and O–H groups in total. The number of amides is 1. The van der Waals surface area contributed by atoms with E-state index < -0.39 is 63.7 Å². The van der Waals surface area contributed by atoms with Crippen LogP contribution in [0.3, 0.4) is 0 Å². The minimum absolute atomic E-state index is 0.0586. The summed E-state index contributed by atoms with van der Waals surface area (Å²) in [6.07, 6.45) is 2.68. The molecule has 1 aromatic rings. The number of anilines is 1. The molecule has 0 radical (unpaired) electrons. The first-order valence-corrected chi connectivity index (χ1v) is 9.95. The van der Waals surface area contributed by atoms with Gasteiger partial charge in [0.1, 0.15) is 30.8 Å². The fourth-order valence-corrected chi connectivity index (χ4v) is 3.49. The van der Waals surface area contributed by atoms with Gasteiger partial charge in [0.25, 0.3) is 0 Å². The Morgan fingerprint density at radius 1 is 1.16 bits per heavy atom. The maximum absolute atomic E-state index is 14.2. The second-order valence-corrected chi connectivity index (χ2v) is 7.32. The summed E-state index contributed by atoms with van der Waals surface area (Å²) in [5, 5.41) is 4.41. The zero-order valence-electron chi connectivity index (χ0n) is 16.9. The predicted octanol–water partition coefficient (Wildman–Crippen LogP) is 2.03. The molecule has 0 aromatic heterocycles. The van der Waals surface area contributed by atoms with Gasteiger partial charge in [-0.1, -0.05) is 25.3 Å². The molecule has 1 aromatic carbocycles. The Bertz CT molecular complexity index is 939. The van der Waals surface area contributed by atoms with Crippen LogP contribution in [0.4, 0.5) is 14.5 Å². The molecule has 2 rings (SSSR count). The average molecular weight is 468 g/mol. The number of benzene rings is 1. The van der Waals surface area contributed by atoms with Crippen LogP contribution in [0.5, 0.6) is 0 Å². The first-order chi connectivity index (χ1) is 15.2. The van der Waals surface area contributed by atoms with Crippen molar-refractivity contribution in [1.29, 1.82) is 0 Å². The number of hydrogen-bond donors (Lipinski definition) is 3. The van der Waals surface area contributed by atoms with E-state index in [-0.39, 0.29) is 26.2 Å². The predicted molar refractivity (Wildman–Crippen MR) is 114 cm³/mol. The van der Waals surface area contributed by atoms with E-state index in [4.69, 9.17) is 9.47 Å². The number of halogens is 2. The van der Waals surface area contributed by atoms with Crippen molar-refractivity contribution in [2.24, 2.45) is 11.8 Å². The Morgan fingerprint density at radius 3 is 2.44 bits per heavy atom. The molecule has 172 valence electrons. The molecule has 1 aliphatic heterocycles. The van der Waals surface area contributed by atoms with Gasteiger partial charge in [0.2, 0.25) is 5.91 Å². The smallest absolute Gasteiger partial charge is 0.341 e. The fraction of sp³-hybridized carbons (Fsp3) is 0.333. The number of ether oxygens (including phenoxy) is 2. The van der Waals surface area contributed by atoms with E-state index in [1.54, 1.807) is 0 Å². The summed E-state index contributed by atoms with van der Waals surface area (Å²) in [5.41, 5.74) is -0.995. The van der Waals surface area contributed by atoms with Crippen LogP contribution in [-0.4, -0.2) is 48.8 Å². The largest absolute Gasteiger partial charge is 0.461 e. The van der Waals surface area contributed by atoms with E-state index in [0.717, 1.165) is 6.07 Å². The summed E-state index contributed by atoms with van der Waals surface area (Å²) in [6, 6.07) is 0.395. The Kier molecular flexibility index (Phi) is 9.09. The Hall–Kier alpha value is -3.05. The highest BCUT2D eigenvalue weighted by Crippen LogP contribution is 2.27. The lowest BCUT2D eigenvalue weighted by atomic mass is 9.90. The number of nitrogens with one attached hydrogen (secondary N) is 2. The number of hydrogen-bond acceptors (Lipinski definition) is 7. The number of carbonyl (C=O) groups excluding carboxylic acids is 4. The molecule has 0 spiro atoms. The van der Waals surface area contributed by atoms with Crippen molar-refractivity contribution in [2.75, 3.05) is 25.1 Å². The van der Waals surface area contributed by atoms with E-state index in [1.165, 1.54) is 12.2 Å². The molecule has 0 aliphatic carbocycles. The number of rotatable bonds is 10. The highest BCUT2D eigenvalue weighted by Gasteiger charge is 2.41. The highest BCUT2D eigenvalue weighted by atomic mass is 32.1. The second kappa shape index (κ2) is 11.5. The molecule has 3 atom stereocenters. The Balaban J connectivity index is 2.11. The number of carbonyl (C=O) groups is 4. The van der Waals surface area contributed by atoms with Crippen molar-refractivity contribution in [1.82, 2.24) is 5.32 Å². The normalized spacial score (nSPS) is 18.3. The molecule has 32 heavy (non-hydrogen) atoms. The minimum Gasteiger partial charge on any atom is -0.461 e. The van der Waals surface area contributed by atoms with Crippen LogP contribution in [0, 0.1) is 23.5 Å². The van der Waals surface area contributed by atoms with Crippen LogP contribution in [0.1, 0.15) is 16.8 Å². The van der Waals surface area contributed by atoms with Crippen molar-refractivity contribution in [2.45, 2.75) is 12.5 Å². The zero-order chi connectivity index (χ0) is 23.8. The van der Waals surface area contributed by atoms with Crippen molar-refractivity contribution in [3.63, 3.8) is 0 Å². The third-order valence-corrected chi connectivity index (χ3v) is 4.96. The summed E-state index contributed by atoms with van der Waals surface area (Å²) >= 11 is 3.74. The molecule has 1 unspecified atom stereocenters. The average Bonchev–Trinajstić information content (AvgIpc) is 3.21. The van der Waals surface area contributed by atoms with E-state index >= 15 is 0 Å². The summed E-state index contributed by atoms with van der Waals surface area (Å²) in [4.78, 5) is 48.5.